The number of fused-ring (bicyclic) bond motifs is 1. The molecule has 0 radical (unpaired) electrons. The average molecular weight is 747 g/mol. The van der Waals surface area contributed by atoms with Crippen LogP contribution in [0.5, 0.6) is 0 Å². The van der Waals surface area contributed by atoms with E-state index in [1.54, 1.807) is 12.1 Å². The number of aryl methyl sites for hydroxylation is 1. The summed E-state index contributed by atoms with van der Waals surface area (Å²) >= 11 is 1.45. The van der Waals surface area contributed by atoms with Crippen molar-refractivity contribution in [2.24, 2.45) is 0 Å². The number of unbranched alkanes of at least 4 members (excludes halogenated alkanes) is 1. The first-order valence-electron chi connectivity index (χ1n) is 18.3. The molecule has 2 aromatic heterocycles. The van der Waals surface area contributed by atoms with Gasteiger partial charge in [0.15, 0.2) is 11.0 Å². The Morgan fingerprint density at radius 3 is 2.04 bits per heavy atom. The predicted molar refractivity (Wildman–Crippen MR) is 202 cm³/mol. The van der Waals surface area contributed by atoms with Crippen molar-refractivity contribution >= 4 is 11.8 Å². The van der Waals surface area contributed by atoms with Crippen LogP contribution < -0.4 is 5.56 Å². The molecule has 0 saturated heterocycles. The van der Waals surface area contributed by atoms with Gasteiger partial charge in [-0.05, 0) is 113 Å². The van der Waals surface area contributed by atoms with E-state index in [1.165, 1.54) is 36.0 Å². The van der Waals surface area contributed by atoms with E-state index in [4.69, 9.17) is 10.2 Å². The second-order valence-electron chi connectivity index (χ2n) is 14.3. The molecule has 0 saturated carbocycles. The van der Waals surface area contributed by atoms with Crippen LogP contribution in [0.25, 0.3) is 11.1 Å². The fourth-order valence-electron chi connectivity index (χ4n) is 7.11. The Bertz CT molecular complexity index is 2030. The Kier molecular flexibility index (Phi) is 12.2. The lowest BCUT2D eigenvalue weighted by Crippen LogP contribution is -2.37. The van der Waals surface area contributed by atoms with Crippen molar-refractivity contribution in [3.63, 3.8) is 0 Å². The van der Waals surface area contributed by atoms with Crippen LogP contribution in [0.3, 0.4) is 0 Å². The number of benzene rings is 3. The maximum absolute atomic E-state index is 13.6. The molecule has 0 spiro atoms. The number of hydrogen-bond acceptors (Lipinski definition) is 6. The van der Waals surface area contributed by atoms with E-state index in [0.29, 0.717) is 48.1 Å². The molecule has 6 rings (SSSR count). The molecule has 7 nitrogen and oxygen atoms in total. The number of rotatable bonds is 15. The number of hydrogen-bond donors (Lipinski definition) is 0. The van der Waals surface area contributed by atoms with Crippen molar-refractivity contribution in [3.05, 3.63) is 129 Å². The van der Waals surface area contributed by atoms with E-state index in [0.717, 1.165) is 90.4 Å². The monoisotopic (exact) mass is 746 g/mol. The second kappa shape index (κ2) is 16.8. The van der Waals surface area contributed by atoms with E-state index in [9.17, 15) is 22.4 Å². The van der Waals surface area contributed by atoms with E-state index < -0.39 is 11.7 Å². The van der Waals surface area contributed by atoms with E-state index in [1.807, 2.05) is 24.3 Å². The largest absolute Gasteiger partial charge is 0.416 e. The quantitative estimate of drug-likeness (QED) is 0.0461. The lowest BCUT2D eigenvalue weighted by molar-refractivity contribution is -0.137. The minimum absolute atomic E-state index is 0.192. The van der Waals surface area contributed by atoms with Crippen LogP contribution in [0.1, 0.15) is 86.6 Å². The van der Waals surface area contributed by atoms with Crippen molar-refractivity contribution < 1.29 is 17.6 Å². The Labute approximate surface area is 312 Å². The number of aromatic nitrogens is 5. The summed E-state index contributed by atoms with van der Waals surface area (Å²) in [7, 11) is 0. The summed E-state index contributed by atoms with van der Waals surface area (Å²) in [6, 6.07) is 20.3. The summed E-state index contributed by atoms with van der Waals surface area (Å²) in [5.41, 5.74) is 4.32. The predicted octanol–water partition coefficient (Wildman–Crippen LogP) is 8.98. The van der Waals surface area contributed by atoms with Gasteiger partial charge in [-0.15, -0.1) is 10.2 Å². The minimum atomic E-state index is -4.38. The molecule has 0 bridgehead atoms. The van der Waals surface area contributed by atoms with Gasteiger partial charge in [0.1, 0.15) is 11.6 Å². The molecule has 0 unspecified atom stereocenters. The zero-order valence-electron chi connectivity index (χ0n) is 30.7. The highest BCUT2D eigenvalue weighted by atomic mass is 32.2. The zero-order chi connectivity index (χ0) is 37.7. The molecular formula is C41H46F4N6OS. The third-order valence-electron chi connectivity index (χ3n) is 9.92. The summed E-state index contributed by atoms with van der Waals surface area (Å²) in [6.07, 6.45) is 0.657. The average Bonchev–Trinajstić information content (AvgIpc) is 3.77. The van der Waals surface area contributed by atoms with Gasteiger partial charge >= 0.3 is 6.18 Å². The Morgan fingerprint density at radius 1 is 0.774 bits per heavy atom. The molecule has 0 aliphatic heterocycles. The van der Waals surface area contributed by atoms with Gasteiger partial charge in [-0.1, -0.05) is 60.3 Å². The van der Waals surface area contributed by atoms with Crippen molar-refractivity contribution in [2.45, 2.75) is 108 Å². The molecule has 1 aliphatic carbocycles. The number of thioether (sulfide) groups is 1. The first kappa shape index (κ1) is 38.4. The molecule has 280 valence electrons. The molecule has 53 heavy (non-hydrogen) atoms. The summed E-state index contributed by atoms with van der Waals surface area (Å²) in [4.78, 5) is 20.1. The fraction of sp³-hybridized carbons (Fsp3) is 0.415. The Balaban J connectivity index is 1.28. The van der Waals surface area contributed by atoms with Crippen LogP contribution in [-0.4, -0.2) is 47.8 Å². The molecule has 0 atom stereocenters. The van der Waals surface area contributed by atoms with Crippen molar-refractivity contribution in [3.8, 4) is 11.1 Å². The molecule has 2 heterocycles. The Morgan fingerprint density at radius 2 is 1.40 bits per heavy atom. The topological polar surface area (TPSA) is 68.8 Å². The van der Waals surface area contributed by atoms with Crippen molar-refractivity contribution in [2.75, 3.05) is 6.54 Å². The van der Waals surface area contributed by atoms with Crippen LogP contribution in [0.2, 0.25) is 0 Å². The highest BCUT2D eigenvalue weighted by Gasteiger charge is 2.30. The SMILES string of the molecule is CC(C)N(CCCCc1nnc(Cn2c(SCc3ccc(F)cc3)nc(=O)c3c2CCC3)n1Cc1ccc(-c2ccc(C(F)(F)F)cc2)cc1)C(C)C. The second-order valence-corrected chi connectivity index (χ2v) is 15.2. The normalized spacial score (nSPS) is 13.1. The van der Waals surface area contributed by atoms with E-state index in [-0.39, 0.29) is 11.4 Å². The molecule has 0 fully saturated rings. The molecule has 12 heteroatoms. The lowest BCUT2D eigenvalue weighted by Gasteiger charge is -2.30. The highest BCUT2D eigenvalue weighted by molar-refractivity contribution is 7.98. The maximum atomic E-state index is 13.6. The van der Waals surface area contributed by atoms with Crippen LogP contribution in [-0.2, 0) is 44.3 Å². The van der Waals surface area contributed by atoms with E-state index >= 15 is 0 Å². The highest BCUT2D eigenvalue weighted by Crippen LogP contribution is 2.32. The van der Waals surface area contributed by atoms with Crippen LogP contribution >= 0.6 is 11.8 Å². The van der Waals surface area contributed by atoms with E-state index in [2.05, 4.69) is 46.7 Å². The van der Waals surface area contributed by atoms with Gasteiger partial charge in [-0.3, -0.25) is 9.69 Å². The van der Waals surface area contributed by atoms with Gasteiger partial charge in [-0.25, -0.2) is 4.39 Å². The first-order chi connectivity index (χ1) is 25.4. The third kappa shape index (κ3) is 9.45. The molecule has 3 aromatic carbocycles. The molecular weight excluding hydrogens is 701 g/mol. The number of nitrogens with zero attached hydrogens (tertiary/aromatic N) is 6. The van der Waals surface area contributed by atoms with Gasteiger partial charge in [0.25, 0.3) is 5.56 Å². The summed E-state index contributed by atoms with van der Waals surface area (Å²) in [5, 5.41) is 10.0. The molecule has 1 aliphatic rings. The lowest BCUT2D eigenvalue weighted by atomic mass is 10.0. The van der Waals surface area contributed by atoms with Crippen molar-refractivity contribution in [1.29, 1.82) is 0 Å². The Hall–Kier alpha value is -4.29. The van der Waals surface area contributed by atoms with Gasteiger partial charge < -0.3 is 9.13 Å². The van der Waals surface area contributed by atoms with Gasteiger partial charge in [0.2, 0.25) is 0 Å². The first-order valence-corrected chi connectivity index (χ1v) is 19.3. The summed E-state index contributed by atoms with van der Waals surface area (Å²) in [6.45, 7) is 10.8. The summed E-state index contributed by atoms with van der Waals surface area (Å²) < 4.78 is 57.3. The molecule has 5 aromatic rings. The fourth-order valence-corrected chi connectivity index (χ4v) is 8.08. The number of halogens is 4. The van der Waals surface area contributed by atoms with Gasteiger partial charge in [0.05, 0.1) is 18.7 Å². The van der Waals surface area contributed by atoms with Crippen LogP contribution in [0.15, 0.2) is 82.7 Å². The van der Waals surface area contributed by atoms with Crippen LogP contribution in [0, 0.1) is 5.82 Å². The number of alkyl halides is 3. The minimum Gasteiger partial charge on any atom is -0.316 e. The standard InChI is InChI=1S/C41H46F4N6OS/c1-27(2)49(28(3)4)23-6-5-10-37-47-48-38(51(37)24-29-11-15-31(16-12-29)32-17-19-33(20-18-32)41(43,44)45)25-50-36-9-7-8-35(36)39(52)46-40(50)53-26-30-13-21-34(42)22-14-30/h11-22,27-28H,5-10,23-26H2,1-4H3. The van der Waals surface area contributed by atoms with Gasteiger partial charge in [-0.2, -0.15) is 18.2 Å². The van der Waals surface area contributed by atoms with Crippen LogP contribution in [0.4, 0.5) is 17.6 Å². The van der Waals surface area contributed by atoms with Crippen molar-refractivity contribution in [1.82, 2.24) is 29.2 Å². The molecule has 0 amide bonds. The third-order valence-corrected chi connectivity index (χ3v) is 11.0. The van der Waals surface area contributed by atoms with Gasteiger partial charge in [0, 0.05) is 35.5 Å². The maximum Gasteiger partial charge on any atom is 0.416 e. The zero-order valence-corrected chi connectivity index (χ0v) is 31.5. The molecule has 0 N–H and O–H groups in total. The summed E-state index contributed by atoms with van der Waals surface area (Å²) in [5.74, 6) is 1.85. The smallest absolute Gasteiger partial charge is 0.316 e.